The number of hydrogen-bond donors (Lipinski definition) is 0. The van der Waals surface area contributed by atoms with Gasteiger partial charge in [-0.05, 0) is 31.2 Å². The van der Waals surface area contributed by atoms with E-state index in [1.807, 2.05) is 12.3 Å². The Morgan fingerprint density at radius 1 is 1.22 bits per heavy atom. The van der Waals surface area contributed by atoms with E-state index in [-0.39, 0.29) is 10.5 Å². The van der Waals surface area contributed by atoms with E-state index in [0.29, 0.717) is 10.8 Å². The first-order valence-electron chi connectivity index (χ1n) is 5.12. The van der Waals surface area contributed by atoms with Gasteiger partial charge >= 0.3 is 6.18 Å². The first-order valence-corrected chi connectivity index (χ1v) is 7.11. The first kappa shape index (κ1) is 13.4. The van der Waals surface area contributed by atoms with Gasteiger partial charge in [-0.1, -0.05) is 11.6 Å². The van der Waals surface area contributed by atoms with Gasteiger partial charge in [-0.2, -0.15) is 18.2 Å². The molecule has 1 nitrogen and oxygen atoms in total. The molecular formula is C12H10ClF3NS+. The van der Waals surface area contributed by atoms with E-state index in [9.17, 15) is 13.2 Å². The minimum absolute atomic E-state index is 0.309. The Morgan fingerprint density at radius 2 is 1.83 bits per heavy atom. The molecule has 1 unspecified atom stereocenters. The van der Waals surface area contributed by atoms with Gasteiger partial charge in [-0.3, -0.25) is 0 Å². The van der Waals surface area contributed by atoms with E-state index >= 15 is 0 Å². The lowest BCUT2D eigenvalue weighted by molar-refractivity contribution is -0.137. The van der Waals surface area contributed by atoms with Crippen LogP contribution in [0, 0.1) is 6.92 Å². The zero-order valence-electron chi connectivity index (χ0n) is 9.46. The molecule has 1 aromatic carbocycles. The van der Waals surface area contributed by atoms with E-state index < -0.39 is 11.7 Å². The van der Waals surface area contributed by atoms with E-state index in [2.05, 4.69) is 4.98 Å². The molecule has 0 amide bonds. The van der Waals surface area contributed by atoms with E-state index in [0.717, 1.165) is 22.8 Å². The molecular weight excluding hydrogens is 283 g/mol. The predicted octanol–water partition coefficient (Wildman–Crippen LogP) is 5.02. The summed E-state index contributed by atoms with van der Waals surface area (Å²) in [5.74, 6) is 0. The van der Waals surface area contributed by atoms with Crippen LogP contribution in [0.2, 0.25) is 0 Å². The van der Waals surface area contributed by atoms with Crippen molar-refractivity contribution in [2.24, 2.45) is 0 Å². The Bertz CT molecular complexity index is 545. The molecule has 0 radical (unpaired) electrons. The summed E-state index contributed by atoms with van der Waals surface area (Å²) in [5.41, 5.74) is 0.897. The van der Waals surface area contributed by atoms with Gasteiger partial charge in [0.1, 0.15) is 0 Å². The Morgan fingerprint density at radius 3 is 2.33 bits per heavy atom. The van der Waals surface area contributed by atoms with Gasteiger partial charge in [0, 0.05) is 10.5 Å². The molecule has 2 rings (SSSR count). The summed E-state index contributed by atoms with van der Waals surface area (Å²) < 4.78 is 37.3. The average molecular weight is 293 g/mol. The van der Waals surface area contributed by atoms with Crippen LogP contribution in [0.1, 0.15) is 11.3 Å². The molecule has 1 heterocycles. The summed E-state index contributed by atoms with van der Waals surface area (Å²) in [6, 6.07) is 5.03. The highest BCUT2D eigenvalue weighted by Gasteiger charge is 2.30. The molecule has 1 aromatic heterocycles. The van der Waals surface area contributed by atoms with Crippen molar-refractivity contribution in [3.63, 3.8) is 0 Å². The first-order chi connectivity index (χ1) is 8.41. The molecule has 0 spiro atoms. The fourth-order valence-electron chi connectivity index (χ4n) is 1.61. The lowest BCUT2D eigenvalue weighted by Gasteiger charge is -2.05. The van der Waals surface area contributed by atoms with Crippen LogP contribution in [0.25, 0.3) is 10.6 Å². The SMILES string of the molecule is Cc1c[s+](CCl)c(-c2ccc(C(F)(F)F)cc2)n1. The standard InChI is InChI=1S/C12H10ClF3NS/c1-8-6-18(7-13)11(17-8)9-2-4-10(5-3-9)12(14,15)16/h2-6H,7H2,1H3/q+1. The van der Waals surface area contributed by atoms with Crippen LogP contribution in [-0.2, 0) is 11.4 Å². The van der Waals surface area contributed by atoms with Crippen LogP contribution in [0.5, 0.6) is 0 Å². The van der Waals surface area contributed by atoms with Crippen molar-refractivity contribution >= 4 is 22.1 Å². The van der Waals surface area contributed by atoms with Crippen LogP contribution in [0.15, 0.2) is 29.6 Å². The highest BCUT2D eigenvalue weighted by molar-refractivity contribution is 7.34. The van der Waals surface area contributed by atoms with Gasteiger partial charge in [0.2, 0.25) is 5.21 Å². The van der Waals surface area contributed by atoms with Gasteiger partial charge in [-0.25, -0.2) is 0 Å². The Hall–Kier alpha value is -1.07. The molecule has 96 valence electrons. The summed E-state index contributed by atoms with van der Waals surface area (Å²) in [5, 5.41) is 3.10. The lowest BCUT2D eigenvalue weighted by Crippen LogP contribution is -2.03. The van der Waals surface area contributed by atoms with E-state index in [4.69, 9.17) is 11.6 Å². The van der Waals surface area contributed by atoms with Crippen molar-refractivity contribution in [2.45, 2.75) is 18.3 Å². The average Bonchev–Trinajstić information content (AvgIpc) is 2.69. The molecule has 1 atom stereocenters. The zero-order chi connectivity index (χ0) is 13.3. The van der Waals surface area contributed by atoms with Crippen LogP contribution in [0.4, 0.5) is 13.2 Å². The smallest absolute Gasteiger partial charge is 0.198 e. The second kappa shape index (κ2) is 4.90. The number of benzene rings is 1. The Balaban J connectivity index is 2.40. The van der Waals surface area contributed by atoms with Gasteiger partial charge in [0.05, 0.1) is 16.8 Å². The number of nitrogens with zero attached hydrogens (tertiary/aromatic N) is 1. The minimum Gasteiger partial charge on any atom is -0.198 e. The molecule has 0 aliphatic heterocycles. The highest BCUT2D eigenvalue weighted by atomic mass is 35.5. The number of thiazole rings is 1. The molecule has 0 N–H and O–H groups in total. The predicted molar refractivity (Wildman–Crippen MR) is 67.7 cm³/mol. The van der Waals surface area contributed by atoms with Crippen LogP contribution in [0.3, 0.4) is 0 Å². The normalized spacial score (nSPS) is 12.8. The van der Waals surface area contributed by atoms with Gasteiger partial charge in [0.15, 0.2) is 5.38 Å². The number of aryl methyl sites for hydroxylation is 1. The monoisotopic (exact) mass is 292 g/mol. The molecule has 0 saturated carbocycles. The Labute approximate surface area is 110 Å². The maximum Gasteiger partial charge on any atom is 0.416 e. The molecule has 0 bridgehead atoms. The fourth-order valence-corrected chi connectivity index (χ4v) is 3.55. The maximum atomic E-state index is 12.4. The summed E-state index contributed by atoms with van der Waals surface area (Å²) in [7, 11) is -0.309. The van der Waals surface area contributed by atoms with Crippen molar-refractivity contribution < 1.29 is 13.2 Å². The topological polar surface area (TPSA) is 12.9 Å². The number of aromatic nitrogens is 1. The van der Waals surface area contributed by atoms with Crippen molar-refractivity contribution in [1.29, 1.82) is 0 Å². The van der Waals surface area contributed by atoms with Gasteiger partial charge < -0.3 is 0 Å². The largest absolute Gasteiger partial charge is 0.416 e. The third-order valence-electron chi connectivity index (χ3n) is 2.42. The van der Waals surface area contributed by atoms with E-state index in [1.54, 1.807) is 0 Å². The summed E-state index contributed by atoms with van der Waals surface area (Å²) in [6.45, 7) is 1.85. The number of alkyl halides is 4. The second-order valence-corrected chi connectivity index (χ2v) is 6.14. The second-order valence-electron chi connectivity index (χ2n) is 3.79. The summed E-state index contributed by atoms with van der Waals surface area (Å²) in [4.78, 5) is 4.33. The fraction of sp³-hybridized carbons (Fsp3) is 0.250. The van der Waals surface area contributed by atoms with Gasteiger partial charge in [-0.15, -0.1) is 0 Å². The van der Waals surface area contributed by atoms with Crippen molar-refractivity contribution in [3.8, 4) is 10.6 Å². The molecule has 0 aliphatic carbocycles. The number of halogens is 4. The molecule has 2 aromatic rings. The molecule has 0 aliphatic rings. The zero-order valence-corrected chi connectivity index (χ0v) is 11.0. The molecule has 0 fully saturated rings. The third kappa shape index (κ3) is 2.67. The van der Waals surface area contributed by atoms with Crippen molar-refractivity contribution in [1.82, 2.24) is 4.98 Å². The highest BCUT2D eigenvalue weighted by Crippen LogP contribution is 2.37. The van der Waals surface area contributed by atoms with Crippen LogP contribution in [-0.4, -0.2) is 4.98 Å². The van der Waals surface area contributed by atoms with Gasteiger partial charge in [0.25, 0.3) is 5.01 Å². The van der Waals surface area contributed by atoms with Crippen LogP contribution >= 0.6 is 22.1 Å². The molecule has 6 heteroatoms. The molecule has 18 heavy (non-hydrogen) atoms. The summed E-state index contributed by atoms with van der Waals surface area (Å²) in [6.07, 6.45) is -4.31. The van der Waals surface area contributed by atoms with Crippen molar-refractivity contribution in [3.05, 3.63) is 40.9 Å². The Kier molecular flexibility index (Phi) is 3.64. The molecule has 0 saturated heterocycles. The third-order valence-corrected chi connectivity index (χ3v) is 4.81. The number of rotatable bonds is 2. The van der Waals surface area contributed by atoms with Crippen molar-refractivity contribution in [2.75, 3.05) is 0 Å². The number of hydrogen-bond acceptors (Lipinski definition) is 1. The van der Waals surface area contributed by atoms with Crippen LogP contribution < -0.4 is 0 Å². The minimum atomic E-state index is -4.31. The lowest BCUT2D eigenvalue weighted by atomic mass is 10.1. The summed E-state index contributed by atoms with van der Waals surface area (Å²) >= 11 is 5.83. The quantitative estimate of drug-likeness (QED) is 0.559. The maximum absolute atomic E-state index is 12.4. The van der Waals surface area contributed by atoms with E-state index in [1.165, 1.54) is 12.1 Å².